The third-order valence-electron chi connectivity index (χ3n) is 3.39. The van der Waals surface area contributed by atoms with Crippen molar-refractivity contribution < 1.29 is 0 Å². The first-order valence-corrected chi connectivity index (χ1v) is 8.46. The summed E-state index contributed by atoms with van der Waals surface area (Å²) in [4.78, 5) is 6.95. The Kier molecular flexibility index (Phi) is 4.28. The SMILES string of the molecule is CN(Cc1csc(Br)c1)c1nc2ccccn2c1CCN. The van der Waals surface area contributed by atoms with Crippen LogP contribution in [0.4, 0.5) is 5.82 Å². The maximum atomic E-state index is 5.77. The molecule has 0 aliphatic heterocycles. The molecule has 0 spiro atoms. The summed E-state index contributed by atoms with van der Waals surface area (Å²) in [7, 11) is 2.08. The van der Waals surface area contributed by atoms with E-state index in [4.69, 9.17) is 10.7 Å². The van der Waals surface area contributed by atoms with Crippen molar-refractivity contribution in [3.05, 3.63) is 50.9 Å². The van der Waals surface area contributed by atoms with Crippen molar-refractivity contribution in [2.75, 3.05) is 18.5 Å². The minimum atomic E-state index is 0.619. The molecule has 3 aromatic heterocycles. The molecule has 0 fully saturated rings. The Morgan fingerprint density at radius 1 is 1.43 bits per heavy atom. The second kappa shape index (κ2) is 6.17. The lowest BCUT2D eigenvalue weighted by Gasteiger charge is -2.17. The highest BCUT2D eigenvalue weighted by Gasteiger charge is 2.15. The van der Waals surface area contributed by atoms with Crippen molar-refractivity contribution in [1.82, 2.24) is 9.38 Å². The number of fused-ring (bicyclic) bond motifs is 1. The highest BCUT2D eigenvalue weighted by molar-refractivity contribution is 9.11. The molecule has 0 unspecified atom stereocenters. The summed E-state index contributed by atoms with van der Waals surface area (Å²) in [6, 6.07) is 8.21. The van der Waals surface area contributed by atoms with Gasteiger partial charge in [0.15, 0.2) is 5.82 Å². The quantitative estimate of drug-likeness (QED) is 0.755. The van der Waals surface area contributed by atoms with Crippen LogP contribution in [0.2, 0.25) is 0 Å². The first kappa shape index (κ1) is 14.6. The van der Waals surface area contributed by atoms with Crippen LogP contribution >= 0.6 is 27.3 Å². The Labute approximate surface area is 136 Å². The largest absolute Gasteiger partial charge is 0.354 e. The first-order valence-electron chi connectivity index (χ1n) is 6.79. The fourth-order valence-corrected chi connectivity index (χ4v) is 3.69. The Morgan fingerprint density at radius 3 is 3.00 bits per heavy atom. The van der Waals surface area contributed by atoms with Gasteiger partial charge in [0.1, 0.15) is 5.65 Å². The molecular formula is C15H17BrN4S. The van der Waals surface area contributed by atoms with Crippen molar-refractivity contribution in [2.24, 2.45) is 5.73 Å². The van der Waals surface area contributed by atoms with Crippen LogP contribution in [0.5, 0.6) is 0 Å². The summed E-state index contributed by atoms with van der Waals surface area (Å²) in [5.41, 5.74) is 9.19. The van der Waals surface area contributed by atoms with Crippen LogP contribution in [0.15, 0.2) is 39.6 Å². The van der Waals surface area contributed by atoms with Crippen molar-refractivity contribution in [3.8, 4) is 0 Å². The number of imidazole rings is 1. The lowest BCUT2D eigenvalue weighted by molar-refractivity contribution is 0.859. The number of hydrogen-bond acceptors (Lipinski definition) is 4. The van der Waals surface area contributed by atoms with E-state index in [9.17, 15) is 0 Å². The smallest absolute Gasteiger partial charge is 0.151 e. The lowest BCUT2D eigenvalue weighted by Crippen LogP contribution is -2.19. The van der Waals surface area contributed by atoms with Gasteiger partial charge in [-0.1, -0.05) is 6.07 Å². The molecule has 21 heavy (non-hydrogen) atoms. The molecule has 0 saturated heterocycles. The molecule has 0 saturated carbocycles. The van der Waals surface area contributed by atoms with Gasteiger partial charge >= 0.3 is 0 Å². The summed E-state index contributed by atoms with van der Waals surface area (Å²) in [5, 5.41) is 2.17. The van der Waals surface area contributed by atoms with E-state index in [1.807, 2.05) is 24.4 Å². The van der Waals surface area contributed by atoms with E-state index in [-0.39, 0.29) is 0 Å². The van der Waals surface area contributed by atoms with Crippen LogP contribution < -0.4 is 10.6 Å². The summed E-state index contributed by atoms with van der Waals surface area (Å²) >= 11 is 5.21. The van der Waals surface area contributed by atoms with Gasteiger partial charge in [0.2, 0.25) is 0 Å². The highest BCUT2D eigenvalue weighted by Crippen LogP contribution is 2.25. The van der Waals surface area contributed by atoms with Crippen molar-refractivity contribution in [2.45, 2.75) is 13.0 Å². The number of hydrogen-bond donors (Lipinski definition) is 1. The molecule has 0 atom stereocenters. The molecule has 0 aliphatic carbocycles. The van der Waals surface area contributed by atoms with Crippen LogP contribution in [0.25, 0.3) is 5.65 Å². The van der Waals surface area contributed by atoms with Gasteiger partial charge in [-0.25, -0.2) is 4.98 Å². The zero-order valence-corrected chi connectivity index (χ0v) is 14.2. The van der Waals surface area contributed by atoms with Crippen molar-refractivity contribution in [3.63, 3.8) is 0 Å². The van der Waals surface area contributed by atoms with E-state index < -0.39 is 0 Å². The molecule has 6 heteroatoms. The van der Waals surface area contributed by atoms with Crippen LogP contribution in [0, 0.1) is 0 Å². The van der Waals surface area contributed by atoms with Crippen molar-refractivity contribution >= 4 is 38.7 Å². The zero-order chi connectivity index (χ0) is 14.8. The topological polar surface area (TPSA) is 46.6 Å². The van der Waals surface area contributed by atoms with Gasteiger partial charge in [-0.2, -0.15) is 0 Å². The molecule has 0 amide bonds. The second-order valence-electron chi connectivity index (χ2n) is 4.96. The van der Waals surface area contributed by atoms with E-state index in [1.165, 1.54) is 11.3 Å². The molecule has 4 nitrogen and oxygen atoms in total. The first-order chi connectivity index (χ1) is 10.2. The van der Waals surface area contributed by atoms with Gasteiger partial charge in [0.05, 0.1) is 9.48 Å². The van der Waals surface area contributed by atoms with E-state index in [0.717, 1.165) is 28.2 Å². The fourth-order valence-electron chi connectivity index (χ4n) is 2.49. The van der Waals surface area contributed by atoms with Gasteiger partial charge < -0.3 is 15.0 Å². The maximum Gasteiger partial charge on any atom is 0.151 e. The van der Waals surface area contributed by atoms with E-state index in [2.05, 4.69) is 43.7 Å². The number of aromatic nitrogens is 2. The molecule has 3 heterocycles. The molecule has 2 N–H and O–H groups in total. The number of nitrogens with two attached hydrogens (primary N) is 1. The van der Waals surface area contributed by atoms with E-state index in [1.54, 1.807) is 11.3 Å². The van der Waals surface area contributed by atoms with Gasteiger partial charge in [0, 0.05) is 26.2 Å². The Balaban J connectivity index is 1.96. The number of halogens is 1. The standard InChI is InChI=1S/C15H17BrN4S/c1-19(9-11-8-13(16)21-10-11)15-12(5-6-17)20-7-3-2-4-14(20)18-15/h2-4,7-8,10H,5-6,9,17H2,1H3. The number of anilines is 1. The normalized spacial score (nSPS) is 11.2. The third-order valence-corrected chi connectivity index (χ3v) is 4.95. The lowest BCUT2D eigenvalue weighted by atomic mass is 10.2. The van der Waals surface area contributed by atoms with Gasteiger partial charge in [-0.15, -0.1) is 11.3 Å². The second-order valence-corrected chi connectivity index (χ2v) is 7.26. The summed E-state index contributed by atoms with van der Waals surface area (Å²) in [5.74, 6) is 1.01. The van der Waals surface area contributed by atoms with Crippen LogP contribution in [-0.4, -0.2) is 23.0 Å². The molecule has 3 rings (SSSR count). The monoisotopic (exact) mass is 364 g/mol. The van der Waals surface area contributed by atoms with Gasteiger partial charge in [0.25, 0.3) is 0 Å². The average molecular weight is 365 g/mol. The van der Waals surface area contributed by atoms with Crippen LogP contribution in [0.1, 0.15) is 11.3 Å². The molecule has 3 aromatic rings. The molecule has 0 radical (unpaired) electrons. The van der Waals surface area contributed by atoms with Gasteiger partial charge in [-0.05, 0) is 51.6 Å². The third kappa shape index (κ3) is 2.97. The average Bonchev–Trinajstić information content (AvgIpc) is 3.04. The van der Waals surface area contributed by atoms with Crippen LogP contribution in [0.3, 0.4) is 0 Å². The Morgan fingerprint density at radius 2 is 2.29 bits per heavy atom. The Bertz CT molecular complexity index is 749. The molecular weight excluding hydrogens is 348 g/mol. The van der Waals surface area contributed by atoms with E-state index >= 15 is 0 Å². The predicted molar refractivity (Wildman–Crippen MR) is 92.1 cm³/mol. The maximum absolute atomic E-state index is 5.77. The zero-order valence-electron chi connectivity index (χ0n) is 11.8. The van der Waals surface area contributed by atoms with Gasteiger partial charge in [-0.3, -0.25) is 0 Å². The summed E-state index contributed by atoms with van der Waals surface area (Å²) in [6.07, 6.45) is 2.87. The molecule has 0 bridgehead atoms. The molecule has 0 aromatic carbocycles. The fraction of sp³-hybridized carbons (Fsp3) is 0.267. The number of thiophene rings is 1. The minimum Gasteiger partial charge on any atom is -0.354 e. The summed E-state index contributed by atoms with van der Waals surface area (Å²) in [6.45, 7) is 1.46. The Hall–Kier alpha value is -1.37. The molecule has 0 aliphatic rings. The molecule has 110 valence electrons. The minimum absolute atomic E-state index is 0.619. The summed E-state index contributed by atoms with van der Waals surface area (Å²) < 4.78 is 3.28. The number of pyridine rings is 1. The van der Waals surface area contributed by atoms with Crippen molar-refractivity contribution in [1.29, 1.82) is 0 Å². The number of nitrogens with zero attached hydrogens (tertiary/aromatic N) is 3. The predicted octanol–water partition coefficient (Wildman–Crippen LogP) is 3.30. The highest BCUT2D eigenvalue weighted by atomic mass is 79.9. The number of rotatable bonds is 5. The van der Waals surface area contributed by atoms with E-state index in [0.29, 0.717) is 6.54 Å². The van der Waals surface area contributed by atoms with Crippen LogP contribution in [-0.2, 0) is 13.0 Å².